The Hall–Kier alpha value is -7.76. The van der Waals surface area contributed by atoms with Gasteiger partial charge in [-0.15, -0.1) is 0 Å². The lowest BCUT2D eigenvalue weighted by Crippen LogP contribution is -1.97. The van der Waals surface area contributed by atoms with Crippen molar-refractivity contribution in [2.45, 2.75) is 0 Å². The number of rotatable bonds is 6. The molecule has 0 aliphatic heterocycles. The molecule has 11 rings (SSSR count). The highest BCUT2D eigenvalue weighted by molar-refractivity contribution is 6.17. The maximum absolute atomic E-state index is 5.38. The molecule has 0 unspecified atom stereocenters. The van der Waals surface area contributed by atoms with Gasteiger partial charge in [-0.25, -0.2) is 14.6 Å². The fraction of sp³-hybridized carbons (Fsp3) is 0. The smallest absolute Gasteiger partial charge is 0.101 e. The maximum Gasteiger partial charge on any atom is 0.101 e. The molecule has 0 N–H and O–H groups in total. The first kappa shape index (κ1) is 32.7. The van der Waals surface area contributed by atoms with Gasteiger partial charge in [0.1, 0.15) is 5.69 Å². The van der Waals surface area contributed by atoms with Crippen molar-refractivity contribution in [3.63, 3.8) is 0 Å². The summed E-state index contributed by atoms with van der Waals surface area (Å²) in [5.41, 5.74) is 14.1. The Bertz CT molecular complexity index is 3270. The van der Waals surface area contributed by atoms with Crippen LogP contribution in [-0.2, 0) is 0 Å². The zero-order chi connectivity index (χ0) is 37.7. The third-order valence-corrected chi connectivity index (χ3v) is 10.9. The third-order valence-electron chi connectivity index (χ3n) is 10.9. The minimum atomic E-state index is 0.852. The van der Waals surface area contributed by atoms with Crippen LogP contribution in [0.25, 0.3) is 105 Å². The van der Waals surface area contributed by atoms with Gasteiger partial charge in [0.2, 0.25) is 0 Å². The SMILES string of the molecule is c1ccc(-c2ccc3ccc4ccc(-c5cncc(-c6ccc(-n7nc(-c8ccccc8)c8c(-c9ccccc9)cc9ccccc9c87)cc6)c5)nc4c3n2)cc1. The van der Waals surface area contributed by atoms with E-state index in [-0.39, 0.29) is 0 Å². The van der Waals surface area contributed by atoms with Gasteiger partial charge >= 0.3 is 0 Å². The summed E-state index contributed by atoms with van der Waals surface area (Å²) in [7, 11) is 0. The highest BCUT2D eigenvalue weighted by atomic mass is 15.3. The van der Waals surface area contributed by atoms with Crippen molar-refractivity contribution in [3.05, 3.63) is 200 Å². The van der Waals surface area contributed by atoms with E-state index in [4.69, 9.17) is 20.1 Å². The average molecular weight is 728 g/mol. The molecule has 0 radical (unpaired) electrons. The van der Waals surface area contributed by atoms with E-state index in [0.717, 1.165) is 99.8 Å². The third kappa shape index (κ3) is 5.72. The van der Waals surface area contributed by atoms with Gasteiger partial charge < -0.3 is 0 Å². The standard InChI is InChI=1S/C52H33N5/c1-4-12-35(13-5-1)45-31-40-18-10-11-19-44(40)52-48(45)49(37-16-8-3-9-17-37)56-57(52)43-26-22-34(23-27-43)41-30-42(33-53-32-41)47-29-25-39-21-20-38-24-28-46(36-14-6-2-7-15-36)54-50(38)51(39)55-47/h1-33H. The number of aromatic nitrogens is 5. The number of benzene rings is 7. The molecular weight excluding hydrogens is 695 g/mol. The number of hydrogen-bond donors (Lipinski definition) is 0. The summed E-state index contributed by atoms with van der Waals surface area (Å²) in [6.07, 6.45) is 3.80. The van der Waals surface area contributed by atoms with Crippen molar-refractivity contribution in [2.24, 2.45) is 0 Å². The molecule has 7 aromatic carbocycles. The first-order valence-electron chi connectivity index (χ1n) is 19.1. The van der Waals surface area contributed by atoms with Gasteiger partial charge in [0.15, 0.2) is 0 Å². The second-order valence-corrected chi connectivity index (χ2v) is 14.3. The van der Waals surface area contributed by atoms with Gasteiger partial charge in [-0.05, 0) is 58.5 Å². The molecule has 0 atom stereocenters. The van der Waals surface area contributed by atoms with Crippen LogP contribution in [0.5, 0.6) is 0 Å². The van der Waals surface area contributed by atoms with Crippen molar-refractivity contribution in [2.75, 3.05) is 0 Å². The minimum Gasteiger partial charge on any atom is -0.263 e. The van der Waals surface area contributed by atoms with E-state index in [1.807, 2.05) is 30.6 Å². The highest BCUT2D eigenvalue weighted by Gasteiger charge is 2.21. The van der Waals surface area contributed by atoms with E-state index < -0.39 is 0 Å². The first-order valence-corrected chi connectivity index (χ1v) is 19.1. The second-order valence-electron chi connectivity index (χ2n) is 14.3. The predicted molar refractivity (Wildman–Crippen MR) is 234 cm³/mol. The summed E-state index contributed by atoms with van der Waals surface area (Å²) >= 11 is 0. The van der Waals surface area contributed by atoms with E-state index >= 15 is 0 Å². The molecule has 0 saturated carbocycles. The van der Waals surface area contributed by atoms with Crippen LogP contribution < -0.4 is 0 Å². The number of hydrogen-bond acceptors (Lipinski definition) is 4. The molecule has 4 heterocycles. The van der Waals surface area contributed by atoms with Crippen LogP contribution in [0, 0.1) is 0 Å². The van der Waals surface area contributed by atoms with Crippen LogP contribution in [0.2, 0.25) is 0 Å². The Labute approximate surface area is 329 Å². The van der Waals surface area contributed by atoms with Gasteiger partial charge in [-0.3, -0.25) is 4.98 Å². The van der Waals surface area contributed by atoms with Crippen molar-refractivity contribution >= 4 is 43.5 Å². The van der Waals surface area contributed by atoms with E-state index in [9.17, 15) is 0 Å². The number of nitrogens with zero attached hydrogens (tertiary/aromatic N) is 5. The van der Waals surface area contributed by atoms with Crippen LogP contribution in [-0.4, -0.2) is 24.7 Å². The molecule has 5 heteroatoms. The molecule has 11 aromatic rings. The van der Waals surface area contributed by atoms with Crippen LogP contribution in [0.4, 0.5) is 0 Å². The maximum atomic E-state index is 5.38. The van der Waals surface area contributed by atoms with E-state index in [1.54, 1.807) is 0 Å². The molecular formula is C52H33N5. The summed E-state index contributed by atoms with van der Waals surface area (Å²) in [5, 5.41) is 11.0. The Morgan fingerprint density at radius 1 is 0.386 bits per heavy atom. The molecule has 0 saturated heterocycles. The molecule has 0 aliphatic carbocycles. The second kappa shape index (κ2) is 13.5. The van der Waals surface area contributed by atoms with Gasteiger partial charge in [0, 0.05) is 56.2 Å². The Morgan fingerprint density at radius 2 is 0.947 bits per heavy atom. The molecule has 4 aromatic heterocycles. The number of pyridine rings is 3. The fourth-order valence-corrected chi connectivity index (χ4v) is 8.05. The van der Waals surface area contributed by atoms with Crippen LogP contribution in [0.15, 0.2) is 200 Å². The lowest BCUT2D eigenvalue weighted by atomic mass is 9.94. The summed E-state index contributed by atoms with van der Waals surface area (Å²) in [6, 6.07) is 65.7. The predicted octanol–water partition coefficient (Wildman–Crippen LogP) is 13.0. The molecule has 0 spiro atoms. The van der Waals surface area contributed by atoms with E-state index in [0.29, 0.717) is 0 Å². The van der Waals surface area contributed by atoms with Gasteiger partial charge in [-0.1, -0.05) is 152 Å². The van der Waals surface area contributed by atoms with Crippen LogP contribution in [0.1, 0.15) is 0 Å². The van der Waals surface area contributed by atoms with Crippen LogP contribution >= 0.6 is 0 Å². The zero-order valence-corrected chi connectivity index (χ0v) is 30.8. The average Bonchev–Trinajstić information content (AvgIpc) is 3.70. The Kier molecular flexibility index (Phi) is 7.74. The van der Waals surface area contributed by atoms with Crippen molar-refractivity contribution in [1.29, 1.82) is 0 Å². The minimum absolute atomic E-state index is 0.852. The van der Waals surface area contributed by atoms with Crippen molar-refractivity contribution in [3.8, 4) is 61.7 Å². The summed E-state index contributed by atoms with van der Waals surface area (Å²) in [5.74, 6) is 0. The van der Waals surface area contributed by atoms with E-state index in [1.165, 1.54) is 5.39 Å². The van der Waals surface area contributed by atoms with Gasteiger partial charge in [0.25, 0.3) is 0 Å². The monoisotopic (exact) mass is 727 g/mol. The quantitative estimate of drug-likeness (QED) is 0.160. The molecule has 57 heavy (non-hydrogen) atoms. The molecule has 0 aliphatic rings. The summed E-state index contributed by atoms with van der Waals surface area (Å²) in [4.78, 5) is 15.0. The van der Waals surface area contributed by atoms with E-state index in [2.05, 4.69) is 175 Å². The van der Waals surface area contributed by atoms with Gasteiger partial charge in [-0.2, -0.15) is 5.10 Å². The topological polar surface area (TPSA) is 56.5 Å². The normalized spacial score (nSPS) is 11.5. The van der Waals surface area contributed by atoms with Crippen molar-refractivity contribution in [1.82, 2.24) is 24.7 Å². The number of fused-ring (bicyclic) bond motifs is 6. The Morgan fingerprint density at radius 3 is 1.63 bits per heavy atom. The van der Waals surface area contributed by atoms with Gasteiger partial charge in [0.05, 0.1) is 33.6 Å². The molecule has 0 fully saturated rings. The highest BCUT2D eigenvalue weighted by Crippen LogP contribution is 2.42. The lowest BCUT2D eigenvalue weighted by molar-refractivity contribution is 0.918. The first-order chi connectivity index (χ1) is 28.2. The molecule has 0 amide bonds. The molecule has 0 bridgehead atoms. The van der Waals surface area contributed by atoms with Crippen molar-refractivity contribution < 1.29 is 0 Å². The lowest BCUT2D eigenvalue weighted by Gasteiger charge is -2.11. The summed E-state index contributed by atoms with van der Waals surface area (Å²) in [6.45, 7) is 0. The molecule has 266 valence electrons. The largest absolute Gasteiger partial charge is 0.263 e. The fourth-order valence-electron chi connectivity index (χ4n) is 8.05. The zero-order valence-electron chi connectivity index (χ0n) is 30.8. The molecule has 5 nitrogen and oxygen atoms in total. The van der Waals surface area contributed by atoms with Crippen LogP contribution in [0.3, 0.4) is 0 Å². The Balaban J connectivity index is 1.01. The summed E-state index contributed by atoms with van der Waals surface area (Å²) < 4.78 is 2.12.